The number of thiophene rings is 1. The number of hydrogen-bond donors (Lipinski definition) is 4. The lowest BCUT2D eigenvalue weighted by Gasteiger charge is -2.29. The Hall–Kier alpha value is -0.960. The number of hydrogen-bond acceptors (Lipinski definition) is 3. The van der Waals surface area contributed by atoms with Crippen LogP contribution in [0.3, 0.4) is 0 Å². The molecule has 134 valence electrons. The molecule has 0 atom stereocenters. The van der Waals surface area contributed by atoms with Gasteiger partial charge in [-0.15, -0.1) is 11.3 Å². The minimum Gasteiger partial charge on any atom is -0.355 e. The molecule has 2 amide bonds. The second-order valence-corrected chi connectivity index (χ2v) is 8.73. The van der Waals surface area contributed by atoms with Crippen LogP contribution in [0.2, 0.25) is 0 Å². The number of nitrogens with one attached hydrogen (secondary N) is 4. The zero-order valence-corrected chi connectivity index (χ0v) is 16.5. The van der Waals surface area contributed by atoms with E-state index < -0.39 is 0 Å². The Bertz CT molecular complexity index is 544. The molecular formula is C16H27BrN4O2S+2. The van der Waals surface area contributed by atoms with Gasteiger partial charge in [0.05, 0.1) is 15.2 Å². The fourth-order valence-electron chi connectivity index (χ4n) is 2.80. The summed E-state index contributed by atoms with van der Waals surface area (Å²) < 4.78 is 1.18. The zero-order valence-electron chi connectivity index (χ0n) is 14.1. The molecular weight excluding hydrogens is 392 g/mol. The van der Waals surface area contributed by atoms with Crippen molar-refractivity contribution in [3.05, 3.63) is 20.8 Å². The molecule has 0 saturated carbocycles. The third kappa shape index (κ3) is 6.88. The van der Waals surface area contributed by atoms with E-state index in [1.807, 2.05) is 6.92 Å². The highest BCUT2D eigenvalue weighted by Gasteiger charge is 2.25. The highest BCUT2D eigenvalue weighted by atomic mass is 79.9. The standard InChI is InChI=1S/C16H25BrN4O2S/c1-2-5-18-15(22)10-19-16(23)12-21-8-6-20(7-9-21)11-13-3-4-14(17)24-13/h3-4H,2,5-12H2,1H3,(H,18,22)(H,19,23)/p+2. The zero-order chi connectivity index (χ0) is 17.4. The number of rotatable bonds is 8. The Balaban J connectivity index is 1.61. The molecule has 0 radical (unpaired) electrons. The van der Waals surface area contributed by atoms with Gasteiger partial charge < -0.3 is 20.4 Å². The van der Waals surface area contributed by atoms with E-state index >= 15 is 0 Å². The summed E-state index contributed by atoms with van der Waals surface area (Å²) in [7, 11) is 0. The first-order chi connectivity index (χ1) is 11.6. The van der Waals surface area contributed by atoms with Gasteiger partial charge in [-0.1, -0.05) is 6.92 Å². The molecule has 1 aromatic heterocycles. The highest BCUT2D eigenvalue weighted by molar-refractivity contribution is 9.11. The topological polar surface area (TPSA) is 67.1 Å². The lowest BCUT2D eigenvalue weighted by Crippen LogP contribution is -3.28. The molecule has 8 heteroatoms. The van der Waals surface area contributed by atoms with Gasteiger partial charge in [-0.05, 0) is 34.5 Å². The summed E-state index contributed by atoms with van der Waals surface area (Å²) in [6, 6.07) is 4.28. The summed E-state index contributed by atoms with van der Waals surface area (Å²) >= 11 is 5.30. The summed E-state index contributed by atoms with van der Waals surface area (Å²) in [5.41, 5.74) is 0. The molecule has 0 aliphatic carbocycles. The van der Waals surface area contributed by atoms with Gasteiger partial charge >= 0.3 is 0 Å². The van der Waals surface area contributed by atoms with Crippen LogP contribution in [0, 0.1) is 0 Å². The molecule has 1 aliphatic heterocycles. The van der Waals surface area contributed by atoms with Gasteiger partial charge in [0, 0.05) is 6.54 Å². The van der Waals surface area contributed by atoms with Gasteiger partial charge in [-0.2, -0.15) is 0 Å². The van der Waals surface area contributed by atoms with E-state index in [0.29, 0.717) is 13.1 Å². The van der Waals surface area contributed by atoms with E-state index in [-0.39, 0.29) is 18.4 Å². The number of carbonyl (C=O) groups is 2. The summed E-state index contributed by atoms with van der Waals surface area (Å²) in [5, 5.41) is 5.47. The maximum absolute atomic E-state index is 11.9. The van der Waals surface area contributed by atoms with Gasteiger partial charge in [0.25, 0.3) is 5.91 Å². The van der Waals surface area contributed by atoms with Crippen LogP contribution in [0.1, 0.15) is 18.2 Å². The molecule has 4 N–H and O–H groups in total. The molecule has 1 aliphatic rings. The maximum atomic E-state index is 11.9. The Kier molecular flexibility index (Phi) is 8.17. The molecule has 0 bridgehead atoms. The fraction of sp³-hybridized carbons (Fsp3) is 0.625. The normalized spacial score (nSPS) is 20.6. The van der Waals surface area contributed by atoms with Crippen LogP contribution < -0.4 is 20.4 Å². The van der Waals surface area contributed by atoms with E-state index in [1.54, 1.807) is 16.2 Å². The van der Waals surface area contributed by atoms with Crippen molar-refractivity contribution in [1.82, 2.24) is 10.6 Å². The first kappa shape index (κ1) is 19.4. The van der Waals surface area contributed by atoms with E-state index in [4.69, 9.17) is 0 Å². The van der Waals surface area contributed by atoms with Gasteiger partial charge in [-0.25, -0.2) is 0 Å². The first-order valence-electron chi connectivity index (χ1n) is 8.51. The highest BCUT2D eigenvalue weighted by Crippen LogP contribution is 2.21. The van der Waals surface area contributed by atoms with Gasteiger partial charge in [-0.3, -0.25) is 9.59 Å². The van der Waals surface area contributed by atoms with Gasteiger partial charge in [0.1, 0.15) is 32.7 Å². The average Bonchev–Trinajstić information content (AvgIpc) is 2.98. The largest absolute Gasteiger partial charge is 0.355 e. The van der Waals surface area contributed by atoms with Crippen molar-refractivity contribution in [1.29, 1.82) is 0 Å². The minimum atomic E-state index is -0.114. The third-order valence-electron chi connectivity index (χ3n) is 4.15. The number of halogens is 1. The Morgan fingerprint density at radius 2 is 1.83 bits per heavy atom. The van der Waals surface area contributed by atoms with Gasteiger partial charge in [0.2, 0.25) is 5.91 Å². The molecule has 1 aromatic rings. The van der Waals surface area contributed by atoms with Crippen LogP contribution in [0.15, 0.2) is 15.9 Å². The molecule has 24 heavy (non-hydrogen) atoms. The summed E-state index contributed by atoms with van der Waals surface area (Å²) in [5.74, 6) is -0.154. The van der Waals surface area contributed by atoms with Crippen LogP contribution in [-0.2, 0) is 16.1 Å². The molecule has 2 heterocycles. The third-order valence-corrected chi connectivity index (χ3v) is 5.77. The van der Waals surface area contributed by atoms with E-state index in [9.17, 15) is 9.59 Å². The molecule has 1 fully saturated rings. The maximum Gasteiger partial charge on any atom is 0.275 e. The van der Waals surface area contributed by atoms with Crippen LogP contribution in [-0.4, -0.2) is 57.6 Å². The number of quaternary nitrogens is 2. The van der Waals surface area contributed by atoms with Gasteiger partial charge in [0.15, 0.2) is 6.54 Å². The van der Waals surface area contributed by atoms with E-state index in [1.165, 1.54) is 13.6 Å². The quantitative estimate of drug-likeness (QED) is 0.412. The number of carbonyl (C=O) groups excluding carboxylic acids is 2. The monoisotopic (exact) mass is 418 g/mol. The molecule has 2 rings (SSSR count). The first-order valence-corrected chi connectivity index (χ1v) is 10.1. The fourth-order valence-corrected chi connectivity index (χ4v) is 4.35. The second-order valence-electron chi connectivity index (χ2n) is 6.19. The Labute approximate surface area is 155 Å². The summed E-state index contributed by atoms with van der Waals surface area (Å²) in [4.78, 5) is 27.7. The predicted molar refractivity (Wildman–Crippen MR) is 98.3 cm³/mol. The van der Waals surface area contributed by atoms with Crippen molar-refractivity contribution in [3.8, 4) is 0 Å². The lowest BCUT2D eigenvalue weighted by atomic mass is 10.3. The van der Waals surface area contributed by atoms with Crippen molar-refractivity contribution in [2.75, 3.05) is 45.8 Å². The van der Waals surface area contributed by atoms with Crippen LogP contribution in [0.5, 0.6) is 0 Å². The molecule has 0 aromatic carbocycles. The smallest absolute Gasteiger partial charge is 0.275 e. The van der Waals surface area contributed by atoms with Crippen molar-refractivity contribution in [2.45, 2.75) is 19.9 Å². The molecule has 1 saturated heterocycles. The van der Waals surface area contributed by atoms with E-state index in [2.05, 4.69) is 38.7 Å². The molecule has 0 spiro atoms. The average molecular weight is 419 g/mol. The van der Waals surface area contributed by atoms with Crippen molar-refractivity contribution >= 4 is 39.1 Å². The van der Waals surface area contributed by atoms with Crippen LogP contribution >= 0.6 is 27.3 Å². The molecule has 6 nitrogen and oxygen atoms in total. The van der Waals surface area contributed by atoms with Crippen molar-refractivity contribution in [3.63, 3.8) is 0 Å². The van der Waals surface area contributed by atoms with Crippen molar-refractivity contribution < 1.29 is 19.4 Å². The summed E-state index contributed by atoms with van der Waals surface area (Å²) in [6.45, 7) is 8.41. The number of piperazine rings is 1. The summed E-state index contributed by atoms with van der Waals surface area (Å²) in [6.07, 6.45) is 0.902. The van der Waals surface area contributed by atoms with Crippen LogP contribution in [0.25, 0.3) is 0 Å². The SMILES string of the molecule is CCCNC(=O)CNC(=O)C[NH+]1CC[NH+](Cc2ccc(Br)s2)CC1. The molecule has 0 unspecified atom stereocenters. The predicted octanol–water partition coefficient (Wildman–Crippen LogP) is -1.56. The minimum absolute atomic E-state index is 0.0396. The Morgan fingerprint density at radius 3 is 2.46 bits per heavy atom. The van der Waals surface area contributed by atoms with Crippen molar-refractivity contribution in [2.24, 2.45) is 0 Å². The second kappa shape index (κ2) is 10.1. The Morgan fingerprint density at radius 1 is 1.12 bits per heavy atom. The van der Waals surface area contributed by atoms with E-state index in [0.717, 1.165) is 39.1 Å². The lowest BCUT2D eigenvalue weighted by molar-refractivity contribution is -1.01. The van der Waals surface area contributed by atoms with Crippen LogP contribution in [0.4, 0.5) is 0 Å². The number of amides is 2.